The van der Waals surface area contributed by atoms with E-state index in [4.69, 9.17) is 0 Å². The molecule has 0 bridgehead atoms. The fraction of sp³-hybridized carbons (Fsp3) is 0.909. The third-order valence-electron chi connectivity index (χ3n) is 3.12. The Kier molecular flexibility index (Phi) is 5.24. The summed E-state index contributed by atoms with van der Waals surface area (Å²) in [5.41, 5.74) is 0. The maximum absolute atomic E-state index is 11.8. The molecule has 0 aromatic carbocycles. The molecule has 0 aromatic rings. The van der Waals surface area contributed by atoms with Gasteiger partial charge in [-0.25, -0.2) is 0 Å². The van der Waals surface area contributed by atoms with Crippen molar-refractivity contribution >= 4 is 5.91 Å². The topological polar surface area (TPSA) is 41.1 Å². The second-order valence-electron chi connectivity index (χ2n) is 4.57. The number of carbonyl (C=O) groups excluding carboxylic acids is 1. The summed E-state index contributed by atoms with van der Waals surface area (Å²) in [5, 5.41) is 5.77. The maximum atomic E-state index is 11.8. The molecule has 0 aromatic heterocycles. The lowest BCUT2D eigenvalue weighted by Gasteiger charge is -2.31. The van der Waals surface area contributed by atoms with Crippen molar-refractivity contribution in [2.24, 2.45) is 11.8 Å². The number of carbonyl (C=O) groups is 1. The van der Waals surface area contributed by atoms with E-state index in [-0.39, 0.29) is 18.2 Å². The Labute approximate surface area is 99.1 Å². The van der Waals surface area contributed by atoms with Gasteiger partial charge in [-0.1, -0.05) is 6.92 Å². The van der Waals surface area contributed by atoms with E-state index in [0.717, 1.165) is 13.1 Å². The smallest absolute Gasteiger partial charge is 0.356 e. The first-order valence-electron chi connectivity index (χ1n) is 5.95. The largest absolute Gasteiger partial charge is 0.389 e. The Bertz CT molecular complexity index is 252. The normalized spacial score (nSPS) is 18.6. The molecule has 1 rings (SSSR count). The van der Waals surface area contributed by atoms with Gasteiger partial charge in [0.15, 0.2) is 0 Å². The van der Waals surface area contributed by atoms with Gasteiger partial charge < -0.3 is 10.6 Å². The molecule has 1 aliphatic rings. The predicted octanol–water partition coefficient (Wildman–Crippen LogP) is 1.69. The molecule has 1 aliphatic heterocycles. The zero-order valence-electron chi connectivity index (χ0n) is 9.94. The van der Waals surface area contributed by atoms with Crippen molar-refractivity contribution in [3.63, 3.8) is 0 Å². The molecule has 1 heterocycles. The molecule has 1 amide bonds. The van der Waals surface area contributed by atoms with Gasteiger partial charge in [0.1, 0.15) is 0 Å². The monoisotopic (exact) mass is 252 g/mol. The Morgan fingerprint density at radius 3 is 2.53 bits per heavy atom. The van der Waals surface area contributed by atoms with Gasteiger partial charge in [-0.2, -0.15) is 13.2 Å². The van der Waals surface area contributed by atoms with Crippen molar-refractivity contribution in [3.8, 4) is 0 Å². The van der Waals surface area contributed by atoms with E-state index in [9.17, 15) is 18.0 Å². The molecule has 0 radical (unpaired) electrons. The minimum absolute atomic E-state index is 0.0523. The molecule has 6 heteroatoms. The van der Waals surface area contributed by atoms with Crippen LogP contribution in [0.5, 0.6) is 0 Å². The van der Waals surface area contributed by atoms with E-state index >= 15 is 0 Å². The van der Waals surface area contributed by atoms with Gasteiger partial charge >= 0.3 is 6.18 Å². The van der Waals surface area contributed by atoms with Crippen molar-refractivity contribution in [1.82, 2.24) is 10.6 Å². The average molecular weight is 252 g/mol. The molecule has 2 N–H and O–H groups in total. The highest BCUT2D eigenvalue weighted by Crippen LogP contribution is 2.22. The number of alkyl halides is 3. The van der Waals surface area contributed by atoms with E-state index in [2.05, 4.69) is 10.6 Å². The van der Waals surface area contributed by atoms with E-state index in [1.165, 1.54) is 0 Å². The van der Waals surface area contributed by atoms with Crippen molar-refractivity contribution in [2.75, 3.05) is 19.6 Å². The lowest BCUT2D eigenvalue weighted by molar-refractivity contribution is -0.135. The van der Waals surface area contributed by atoms with Crippen molar-refractivity contribution in [2.45, 2.75) is 32.4 Å². The zero-order chi connectivity index (χ0) is 12.9. The minimum atomic E-state index is -4.09. The number of hydrogen-bond acceptors (Lipinski definition) is 2. The molecule has 0 spiro atoms. The quantitative estimate of drug-likeness (QED) is 0.706. The number of nitrogens with one attached hydrogen (secondary N) is 2. The summed E-state index contributed by atoms with van der Waals surface area (Å²) in [6.45, 7) is 3.89. The van der Waals surface area contributed by atoms with Gasteiger partial charge in [0.2, 0.25) is 5.91 Å². The van der Waals surface area contributed by atoms with Crippen LogP contribution in [-0.4, -0.2) is 31.7 Å². The van der Waals surface area contributed by atoms with Crippen molar-refractivity contribution in [1.29, 1.82) is 0 Å². The number of hydrogen-bond donors (Lipinski definition) is 2. The fourth-order valence-electron chi connectivity index (χ4n) is 1.70. The third-order valence-corrected chi connectivity index (χ3v) is 3.12. The van der Waals surface area contributed by atoms with Crippen LogP contribution in [0.25, 0.3) is 0 Å². The van der Waals surface area contributed by atoms with E-state index in [0.29, 0.717) is 18.9 Å². The maximum Gasteiger partial charge on any atom is 0.389 e. The van der Waals surface area contributed by atoms with Crippen LogP contribution >= 0.6 is 0 Å². The van der Waals surface area contributed by atoms with Crippen molar-refractivity contribution < 1.29 is 18.0 Å². The molecular weight excluding hydrogens is 233 g/mol. The molecule has 3 nitrogen and oxygen atoms in total. The van der Waals surface area contributed by atoms with Gasteiger partial charge in [-0.15, -0.1) is 0 Å². The Hall–Kier alpha value is -0.780. The first-order valence-corrected chi connectivity index (χ1v) is 5.95. The number of halogens is 3. The molecule has 0 saturated carbocycles. The van der Waals surface area contributed by atoms with Crippen LogP contribution in [-0.2, 0) is 4.79 Å². The van der Waals surface area contributed by atoms with Crippen LogP contribution in [0, 0.1) is 11.8 Å². The lowest BCUT2D eigenvalue weighted by Crippen LogP contribution is -2.49. The summed E-state index contributed by atoms with van der Waals surface area (Å²) in [4.78, 5) is 11.6. The Morgan fingerprint density at radius 1 is 1.41 bits per heavy atom. The highest BCUT2D eigenvalue weighted by atomic mass is 19.4. The van der Waals surface area contributed by atoms with E-state index in [1.54, 1.807) is 0 Å². The van der Waals surface area contributed by atoms with Crippen LogP contribution in [0.3, 0.4) is 0 Å². The first kappa shape index (κ1) is 14.3. The highest BCUT2D eigenvalue weighted by molar-refractivity contribution is 5.78. The molecule has 1 unspecified atom stereocenters. The standard InChI is InChI=1S/C11H19F3N2O/c1-8(9-6-15-7-9)10(17)16-5-3-2-4-11(12,13)14/h8-9,15H,2-7H2,1H3,(H,16,17). The summed E-state index contributed by atoms with van der Waals surface area (Å²) in [6.07, 6.45) is -4.41. The molecule has 1 saturated heterocycles. The van der Waals surface area contributed by atoms with Gasteiger partial charge in [0, 0.05) is 18.9 Å². The second-order valence-corrected chi connectivity index (χ2v) is 4.57. The van der Waals surface area contributed by atoms with Crippen molar-refractivity contribution in [3.05, 3.63) is 0 Å². The SMILES string of the molecule is CC(C(=O)NCCCCC(F)(F)F)C1CNC1. The molecular formula is C11H19F3N2O. The molecule has 1 atom stereocenters. The summed E-state index contributed by atoms with van der Waals surface area (Å²) in [5.74, 6) is 0.257. The first-order chi connectivity index (χ1) is 7.90. The molecule has 0 aliphatic carbocycles. The summed E-state index contributed by atoms with van der Waals surface area (Å²) in [7, 11) is 0. The van der Waals surface area contributed by atoms with Crippen LogP contribution in [0.15, 0.2) is 0 Å². The van der Waals surface area contributed by atoms with Gasteiger partial charge in [0.05, 0.1) is 0 Å². The number of unbranched alkanes of at least 4 members (excludes halogenated alkanes) is 1. The number of amides is 1. The lowest BCUT2D eigenvalue weighted by atomic mass is 9.88. The van der Waals surface area contributed by atoms with Gasteiger partial charge in [-0.05, 0) is 31.8 Å². The molecule has 100 valence electrons. The van der Waals surface area contributed by atoms with E-state index in [1.807, 2.05) is 6.92 Å². The zero-order valence-corrected chi connectivity index (χ0v) is 9.94. The van der Waals surface area contributed by atoms with Crippen LogP contribution < -0.4 is 10.6 Å². The third kappa shape index (κ3) is 5.39. The van der Waals surface area contributed by atoms with Crippen LogP contribution in [0.4, 0.5) is 13.2 Å². The summed E-state index contributed by atoms with van der Waals surface area (Å²) >= 11 is 0. The second kappa shape index (κ2) is 6.23. The summed E-state index contributed by atoms with van der Waals surface area (Å²) < 4.78 is 35.5. The van der Waals surface area contributed by atoms with Gasteiger partial charge in [0.25, 0.3) is 0 Å². The average Bonchev–Trinajstić information content (AvgIpc) is 2.12. The number of rotatable bonds is 6. The summed E-state index contributed by atoms with van der Waals surface area (Å²) in [6, 6.07) is 0. The predicted molar refractivity (Wildman–Crippen MR) is 58.4 cm³/mol. The minimum Gasteiger partial charge on any atom is -0.356 e. The Balaban J connectivity index is 2.03. The van der Waals surface area contributed by atoms with Crippen LogP contribution in [0.2, 0.25) is 0 Å². The van der Waals surface area contributed by atoms with Gasteiger partial charge in [-0.3, -0.25) is 4.79 Å². The van der Waals surface area contributed by atoms with Crippen LogP contribution in [0.1, 0.15) is 26.2 Å². The Morgan fingerprint density at radius 2 is 2.06 bits per heavy atom. The van der Waals surface area contributed by atoms with E-state index < -0.39 is 12.6 Å². The molecule has 17 heavy (non-hydrogen) atoms. The fourth-order valence-corrected chi connectivity index (χ4v) is 1.70. The highest BCUT2D eigenvalue weighted by Gasteiger charge is 2.28. The molecule has 1 fully saturated rings.